The third-order valence-corrected chi connectivity index (χ3v) is 4.44. The zero-order valence-corrected chi connectivity index (χ0v) is 9.68. The molecule has 0 radical (unpaired) electrons. The highest BCUT2D eigenvalue weighted by molar-refractivity contribution is 8.01. The molecule has 0 N–H and O–H groups in total. The highest BCUT2D eigenvalue weighted by Gasteiger charge is 2.45. The summed E-state index contributed by atoms with van der Waals surface area (Å²) in [7, 11) is 0. The number of hydrogen-bond donors (Lipinski definition) is 0. The third-order valence-electron chi connectivity index (χ3n) is 3.06. The van der Waals surface area contributed by atoms with Crippen LogP contribution in [0.5, 0.6) is 0 Å². The van der Waals surface area contributed by atoms with Gasteiger partial charge in [-0.15, -0.1) is 11.8 Å². The van der Waals surface area contributed by atoms with Gasteiger partial charge in [0.15, 0.2) is 0 Å². The Balaban J connectivity index is 2.04. The maximum atomic E-state index is 11.6. The normalized spacial score (nSPS) is 37.1. The van der Waals surface area contributed by atoms with E-state index in [1.165, 1.54) is 19.3 Å². The molecule has 0 aromatic rings. The summed E-state index contributed by atoms with van der Waals surface area (Å²) in [5.41, 5.74) is 0. The number of esters is 1. The van der Waals surface area contributed by atoms with Crippen LogP contribution < -0.4 is 0 Å². The van der Waals surface area contributed by atoms with Gasteiger partial charge < -0.3 is 4.74 Å². The van der Waals surface area contributed by atoms with Crippen molar-refractivity contribution in [3.05, 3.63) is 0 Å². The maximum absolute atomic E-state index is 11.6. The van der Waals surface area contributed by atoms with Crippen LogP contribution >= 0.6 is 11.8 Å². The molecule has 3 atom stereocenters. The standard InChI is InChI=1S/C11H18O2S/c1-7(2)14-10-8-5-3-4-6-9(8)13-11(10)12/h7-10H,3-6H2,1-2H3. The third kappa shape index (κ3) is 1.92. The topological polar surface area (TPSA) is 26.3 Å². The van der Waals surface area contributed by atoms with Gasteiger partial charge in [-0.05, 0) is 24.5 Å². The van der Waals surface area contributed by atoms with E-state index in [0.29, 0.717) is 11.2 Å². The average molecular weight is 214 g/mol. The number of thioether (sulfide) groups is 1. The number of hydrogen-bond acceptors (Lipinski definition) is 3. The summed E-state index contributed by atoms with van der Waals surface area (Å²) in [6.07, 6.45) is 5.01. The Bertz CT molecular complexity index is 227. The van der Waals surface area contributed by atoms with Crippen molar-refractivity contribution >= 4 is 17.7 Å². The quantitative estimate of drug-likeness (QED) is 0.661. The molecule has 1 heterocycles. The van der Waals surface area contributed by atoms with Crippen LogP contribution in [0.25, 0.3) is 0 Å². The van der Waals surface area contributed by atoms with E-state index in [-0.39, 0.29) is 17.3 Å². The SMILES string of the molecule is CC(C)SC1C(=O)OC2CCCCC21. The average Bonchev–Trinajstić information content (AvgIpc) is 2.43. The molecule has 2 rings (SSSR count). The summed E-state index contributed by atoms with van der Waals surface area (Å²) in [5, 5.41) is 0.647. The lowest BCUT2D eigenvalue weighted by molar-refractivity contribution is -0.141. The van der Waals surface area contributed by atoms with Gasteiger partial charge in [-0.3, -0.25) is 4.79 Å². The fourth-order valence-electron chi connectivity index (χ4n) is 2.46. The molecule has 2 aliphatic rings. The molecule has 1 aliphatic heterocycles. The second-order valence-electron chi connectivity index (χ2n) is 4.53. The Morgan fingerprint density at radius 1 is 1.36 bits per heavy atom. The van der Waals surface area contributed by atoms with E-state index < -0.39 is 0 Å². The molecule has 0 amide bonds. The van der Waals surface area contributed by atoms with Crippen molar-refractivity contribution < 1.29 is 9.53 Å². The summed E-state index contributed by atoms with van der Waals surface area (Å²) in [6.45, 7) is 4.29. The number of ether oxygens (including phenoxy) is 1. The summed E-state index contributed by atoms with van der Waals surface area (Å²) in [5.74, 6) is 0.546. The highest BCUT2D eigenvalue weighted by Crippen LogP contribution is 2.41. The molecule has 1 saturated carbocycles. The molecule has 1 saturated heterocycles. The Morgan fingerprint density at radius 3 is 2.79 bits per heavy atom. The Labute approximate surface area is 89.8 Å². The fourth-order valence-corrected chi connectivity index (χ4v) is 3.73. The molecule has 0 bridgehead atoms. The van der Waals surface area contributed by atoms with Crippen molar-refractivity contribution in [2.24, 2.45) is 5.92 Å². The van der Waals surface area contributed by atoms with Gasteiger partial charge in [-0.1, -0.05) is 20.3 Å². The van der Waals surface area contributed by atoms with Crippen molar-refractivity contribution in [1.82, 2.24) is 0 Å². The monoisotopic (exact) mass is 214 g/mol. The minimum absolute atomic E-state index is 0.0422. The first-order valence-electron chi connectivity index (χ1n) is 5.54. The minimum atomic E-state index is 0.0422. The van der Waals surface area contributed by atoms with Crippen LogP contribution in [0.2, 0.25) is 0 Å². The van der Waals surface area contributed by atoms with Crippen LogP contribution in [-0.2, 0) is 9.53 Å². The van der Waals surface area contributed by atoms with Gasteiger partial charge in [-0.25, -0.2) is 0 Å². The van der Waals surface area contributed by atoms with Gasteiger partial charge >= 0.3 is 5.97 Å². The number of fused-ring (bicyclic) bond motifs is 1. The summed E-state index contributed by atoms with van der Waals surface area (Å²) >= 11 is 1.78. The van der Waals surface area contributed by atoms with Gasteiger partial charge in [0.2, 0.25) is 0 Å². The number of carbonyl (C=O) groups is 1. The number of rotatable bonds is 2. The first kappa shape index (κ1) is 10.3. The predicted octanol–water partition coefficient (Wildman–Crippen LogP) is 2.61. The summed E-state index contributed by atoms with van der Waals surface area (Å²) in [4.78, 5) is 11.6. The van der Waals surface area contributed by atoms with Crippen molar-refractivity contribution in [3.63, 3.8) is 0 Å². The van der Waals surface area contributed by atoms with Crippen molar-refractivity contribution in [2.75, 3.05) is 0 Å². The van der Waals surface area contributed by atoms with Crippen LogP contribution in [0.1, 0.15) is 39.5 Å². The molecule has 1 aliphatic carbocycles. The zero-order chi connectivity index (χ0) is 10.1. The minimum Gasteiger partial charge on any atom is -0.461 e. The van der Waals surface area contributed by atoms with Crippen LogP contribution in [0.3, 0.4) is 0 Å². The van der Waals surface area contributed by atoms with Gasteiger partial charge in [0.25, 0.3) is 0 Å². The molecule has 0 aromatic carbocycles. The van der Waals surface area contributed by atoms with Crippen LogP contribution in [0.4, 0.5) is 0 Å². The Hall–Kier alpha value is -0.180. The van der Waals surface area contributed by atoms with Gasteiger partial charge in [-0.2, -0.15) is 0 Å². The first-order valence-corrected chi connectivity index (χ1v) is 6.48. The predicted molar refractivity (Wildman–Crippen MR) is 58.4 cm³/mol. The van der Waals surface area contributed by atoms with E-state index in [9.17, 15) is 4.79 Å². The molecule has 2 fully saturated rings. The number of carbonyl (C=O) groups excluding carboxylic acids is 1. The lowest BCUT2D eigenvalue weighted by atomic mass is 9.86. The maximum Gasteiger partial charge on any atom is 0.319 e. The van der Waals surface area contributed by atoms with Crippen LogP contribution in [0, 0.1) is 5.92 Å². The smallest absolute Gasteiger partial charge is 0.319 e. The summed E-state index contributed by atoms with van der Waals surface area (Å²) in [6, 6.07) is 0. The van der Waals surface area contributed by atoms with E-state index in [2.05, 4.69) is 13.8 Å². The van der Waals surface area contributed by atoms with Crippen LogP contribution in [-0.4, -0.2) is 22.6 Å². The fraction of sp³-hybridized carbons (Fsp3) is 0.909. The lowest BCUT2D eigenvalue weighted by Crippen LogP contribution is -2.27. The zero-order valence-electron chi connectivity index (χ0n) is 8.86. The van der Waals surface area contributed by atoms with E-state index in [4.69, 9.17) is 4.74 Å². The molecule has 0 spiro atoms. The molecule has 2 nitrogen and oxygen atoms in total. The van der Waals surface area contributed by atoms with E-state index in [0.717, 1.165) is 6.42 Å². The first-order chi connectivity index (χ1) is 6.68. The second kappa shape index (κ2) is 4.13. The van der Waals surface area contributed by atoms with Gasteiger partial charge in [0, 0.05) is 5.92 Å². The second-order valence-corrected chi connectivity index (χ2v) is 6.25. The molecular weight excluding hydrogens is 196 g/mol. The molecule has 0 aromatic heterocycles. The molecule has 3 unspecified atom stereocenters. The highest BCUT2D eigenvalue weighted by atomic mass is 32.2. The van der Waals surface area contributed by atoms with E-state index in [1.807, 2.05) is 0 Å². The largest absolute Gasteiger partial charge is 0.461 e. The molecule has 14 heavy (non-hydrogen) atoms. The van der Waals surface area contributed by atoms with Crippen LogP contribution in [0.15, 0.2) is 0 Å². The van der Waals surface area contributed by atoms with Crippen molar-refractivity contribution in [3.8, 4) is 0 Å². The lowest BCUT2D eigenvalue weighted by Gasteiger charge is -2.25. The van der Waals surface area contributed by atoms with Crippen molar-refractivity contribution in [1.29, 1.82) is 0 Å². The van der Waals surface area contributed by atoms with E-state index >= 15 is 0 Å². The molecular formula is C11H18O2S. The van der Waals surface area contributed by atoms with E-state index in [1.54, 1.807) is 11.8 Å². The Morgan fingerprint density at radius 2 is 2.07 bits per heavy atom. The van der Waals surface area contributed by atoms with Gasteiger partial charge in [0.1, 0.15) is 11.4 Å². The van der Waals surface area contributed by atoms with Gasteiger partial charge in [0.05, 0.1) is 0 Å². The van der Waals surface area contributed by atoms with Crippen molar-refractivity contribution in [2.45, 2.75) is 56.1 Å². The Kier molecular flexibility index (Phi) is 3.05. The molecule has 80 valence electrons. The summed E-state index contributed by atoms with van der Waals surface area (Å²) < 4.78 is 5.42. The molecule has 3 heteroatoms.